The number of hydrogen-bond acceptors (Lipinski definition) is 4. The molecule has 1 atom stereocenters. The lowest BCUT2D eigenvalue weighted by Crippen LogP contribution is -2.40. The summed E-state index contributed by atoms with van der Waals surface area (Å²) in [5, 5.41) is 9.72. The number of carboxylic acid groups (broad SMARTS) is 1. The largest absolute Gasteiger partial charge is 0.480 e. The lowest BCUT2D eigenvalue weighted by molar-refractivity contribution is -0.140. The van der Waals surface area contributed by atoms with Gasteiger partial charge in [-0.15, -0.1) is 0 Å². The van der Waals surface area contributed by atoms with Gasteiger partial charge in [0.15, 0.2) is 0 Å². The number of likely N-dealkylation sites (N-methyl/N-ethyl adjacent to an activating group) is 1. The van der Waals surface area contributed by atoms with Crippen molar-refractivity contribution in [1.29, 1.82) is 0 Å². The van der Waals surface area contributed by atoms with Crippen LogP contribution in [-0.2, 0) is 14.8 Å². The number of benzene rings is 1. The number of rotatable bonds is 4. The van der Waals surface area contributed by atoms with Gasteiger partial charge in [0.2, 0.25) is 10.0 Å². The van der Waals surface area contributed by atoms with Crippen LogP contribution in [0.5, 0.6) is 0 Å². The number of hydrogen-bond donors (Lipinski definition) is 1. The van der Waals surface area contributed by atoms with E-state index >= 15 is 0 Å². The fourth-order valence-corrected chi connectivity index (χ4v) is 3.74. The van der Waals surface area contributed by atoms with Gasteiger partial charge in [-0.1, -0.05) is 18.2 Å². The Morgan fingerprint density at radius 3 is 2.62 bits per heavy atom. The van der Waals surface area contributed by atoms with E-state index in [1.54, 1.807) is 31.2 Å². The van der Waals surface area contributed by atoms with Crippen molar-refractivity contribution >= 4 is 26.9 Å². The fourth-order valence-electron chi connectivity index (χ4n) is 2.05. The molecule has 0 aliphatic carbocycles. The molecule has 1 aromatic heterocycles. The molecule has 1 unspecified atom stereocenters. The quantitative estimate of drug-likeness (QED) is 0.927. The van der Waals surface area contributed by atoms with E-state index in [0.29, 0.717) is 16.5 Å². The monoisotopic (exact) mass is 308 g/mol. The molecular formula is C14H16N2O4S. The Balaban J connectivity index is 2.70. The molecule has 0 saturated heterocycles. The maximum absolute atomic E-state index is 12.7. The summed E-state index contributed by atoms with van der Waals surface area (Å²) >= 11 is 0. The summed E-state index contributed by atoms with van der Waals surface area (Å²) in [5.41, 5.74) is 0.882. The molecule has 0 amide bonds. The number of fused-ring (bicyclic) bond motifs is 1. The van der Waals surface area contributed by atoms with Crippen LogP contribution in [0.2, 0.25) is 0 Å². The number of aromatic nitrogens is 1. The predicted molar refractivity (Wildman–Crippen MR) is 78.5 cm³/mol. The first-order chi connectivity index (χ1) is 9.76. The van der Waals surface area contributed by atoms with E-state index in [2.05, 4.69) is 4.98 Å². The lowest BCUT2D eigenvalue weighted by atomic mass is 10.1. The molecule has 2 rings (SSSR count). The Bertz CT molecular complexity index is 802. The van der Waals surface area contributed by atoms with E-state index in [1.165, 1.54) is 20.2 Å². The van der Waals surface area contributed by atoms with Crippen molar-refractivity contribution in [3.63, 3.8) is 0 Å². The number of pyridine rings is 1. The van der Waals surface area contributed by atoms with Crippen molar-refractivity contribution in [3.05, 3.63) is 36.0 Å². The highest BCUT2D eigenvalue weighted by Crippen LogP contribution is 2.27. The molecule has 2 aromatic rings. The Hall–Kier alpha value is -1.99. The Labute approximate surface area is 123 Å². The number of nitrogens with zero attached hydrogens (tertiary/aromatic N) is 2. The van der Waals surface area contributed by atoms with E-state index in [0.717, 1.165) is 4.31 Å². The van der Waals surface area contributed by atoms with Crippen LogP contribution in [0.1, 0.15) is 12.5 Å². The molecule has 112 valence electrons. The molecule has 0 radical (unpaired) electrons. The zero-order chi connectivity index (χ0) is 15.8. The maximum atomic E-state index is 12.7. The zero-order valence-electron chi connectivity index (χ0n) is 11.9. The molecule has 0 aliphatic rings. The number of carboxylic acids is 1. The summed E-state index contributed by atoms with van der Waals surface area (Å²) in [6, 6.07) is 5.81. The van der Waals surface area contributed by atoms with Gasteiger partial charge in [-0.2, -0.15) is 4.31 Å². The molecule has 0 fully saturated rings. The molecule has 0 spiro atoms. The summed E-state index contributed by atoms with van der Waals surface area (Å²) in [4.78, 5) is 15.2. The number of aliphatic carboxylic acids is 1. The standard InChI is InChI=1S/C14H16N2O4S/c1-9-6-7-11-5-4-8-15-12(11)13(9)21(19,20)16(3)10(2)14(17)18/h4-8,10H,1-3H3,(H,17,18). The molecule has 1 heterocycles. The molecule has 0 saturated carbocycles. The van der Waals surface area contributed by atoms with Crippen LogP contribution in [0.15, 0.2) is 35.4 Å². The van der Waals surface area contributed by atoms with Crippen LogP contribution in [0.4, 0.5) is 0 Å². The molecule has 1 N–H and O–H groups in total. The first kappa shape index (κ1) is 15.4. The fraction of sp³-hybridized carbons (Fsp3) is 0.286. The third kappa shape index (κ3) is 2.62. The zero-order valence-corrected chi connectivity index (χ0v) is 12.8. The maximum Gasteiger partial charge on any atom is 0.321 e. The van der Waals surface area contributed by atoms with Gasteiger partial charge in [0, 0.05) is 18.6 Å². The highest BCUT2D eigenvalue weighted by atomic mass is 32.2. The second-order valence-electron chi connectivity index (χ2n) is 4.82. The molecule has 6 nitrogen and oxygen atoms in total. The van der Waals surface area contributed by atoms with Crippen LogP contribution >= 0.6 is 0 Å². The van der Waals surface area contributed by atoms with Gasteiger partial charge in [-0.3, -0.25) is 9.78 Å². The van der Waals surface area contributed by atoms with Crippen molar-refractivity contribution in [2.75, 3.05) is 7.05 Å². The van der Waals surface area contributed by atoms with Gasteiger partial charge in [0.1, 0.15) is 10.9 Å². The average Bonchev–Trinajstić information content (AvgIpc) is 2.44. The van der Waals surface area contributed by atoms with Crippen molar-refractivity contribution in [2.45, 2.75) is 24.8 Å². The molecule has 0 aliphatic heterocycles. The summed E-state index contributed by atoms with van der Waals surface area (Å²) in [7, 11) is -2.69. The molecule has 1 aromatic carbocycles. The van der Waals surface area contributed by atoms with Gasteiger partial charge in [0.05, 0.1) is 5.52 Å². The third-order valence-electron chi connectivity index (χ3n) is 3.46. The SMILES string of the molecule is Cc1ccc2cccnc2c1S(=O)(=O)N(C)C(C)C(=O)O. The second-order valence-corrected chi connectivity index (χ2v) is 6.76. The minimum absolute atomic E-state index is 0.0520. The van der Waals surface area contributed by atoms with Crippen LogP contribution in [-0.4, -0.2) is 41.9 Å². The number of sulfonamides is 1. The van der Waals surface area contributed by atoms with E-state index in [-0.39, 0.29) is 4.90 Å². The van der Waals surface area contributed by atoms with Crippen molar-refractivity contribution in [1.82, 2.24) is 9.29 Å². The van der Waals surface area contributed by atoms with Gasteiger partial charge in [-0.25, -0.2) is 8.42 Å². The van der Waals surface area contributed by atoms with E-state index in [1.807, 2.05) is 0 Å². The molecular weight excluding hydrogens is 292 g/mol. The van der Waals surface area contributed by atoms with Gasteiger partial charge in [0.25, 0.3) is 0 Å². The minimum atomic E-state index is -3.95. The highest BCUT2D eigenvalue weighted by molar-refractivity contribution is 7.89. The molecule has 0 bridgehead atoms. The summed E-state index contributed by atoms with van der Waals surface area (Å²) in [6.45, 7) is 2.99. The van der Waals surface area contributed by atoms with Crippen molar-refractivity contribution in [3.8, 4) is 0 Å². The van der Waals surface area contributed by atoms with Crippen LogP contribution in [0, 0.1) is 6.92 Å². The van der Waals surface area contributed by atoms with E-state index in [9.17, 15) is 13.2 Å². The predicted octanol–water partition coefficient (Wildman–Crippen LogP) is 1.64. The Morgan fingerprint density at radius 1 is 1.33 bits per heavy atom. The lowest BCUT2D eigenvalue weighted by Gasteiger charge is -2.22. The molecule has 21 heavy (non-hydrogen) atoms. The summed E-state index contributed by atoms with van der Waals surface area (Å²) < 4.78 is 26.3. The van der Waals surface area contributed by atoms with Crippen LogP contribution in [0.25, 0.3) is 10.9 Å². The smallest absolute Gasteiger partial charge is 0.321 e. The van der Waals surface area contributed by atoms with Crippen LogP contribution in [0.3, 0.4) is 0 Å². The highest BCUT2D eigenvalue weighted by Gasteiger charge is 2.32. The number of aryl methyl sites for hydroxylation is 1. The first-order valence-corrected chi connectivity index (χ1v) is 7.76. The summed E-state index contributed by atoms with van der Waals surface area (Å²) in [5.74, 6) is -1.20. The molecule has 7 heteroatoms. The van der Waals surface area contributed by atoms with Gasteiger partial charge >= 0.3 is 5.97 Å². The average molecular weight is 308 g/mol. The summed E-state index contributed by atoms with van der Waals surface area (Å²) in [6.07, 6.45) is 1.52. The normalized spacial score (nSPS) is 13.5. The van der Waals surface area contributed by atoms with E-state index < -0.39 is 22.0 Å². The number of carbonyl (C=O) groups is 1. The Morgan fingerprint density at radius 2 is 2.00 bits per heavy atom. The van der Waals surface area contributed by atoms with Crippen molar-refractivity contribution in [2.24, 2.45) is 0 Å². The van der Waals surface area contributed by atoms with E-state index in [4.69, 9.17) is 5.11 Å². The van der Waals surface area contributed by atoms with Crippen LogP contribution < -0.4 is 0 Å². The Kier molecular flexibility index (Phi) is 3.97. The second kappa shape index (κ2) is 5.42. The first-order valence-electron chi connectivity index (χ1n) is 6.32. The topological polar surface area (TPSA) is 87.6 Å². The van der Waals surface area contributed by atoms with Gasteiger partial charge in [-0.05, 0) is 25.5 Å². The third-order valence-corrected chi connectivity index (χ3v) is 5.57. The minimum Gasteiger partial charge on any atom is -0.480 e. The van der Waals surface area contributed by atoms with Crippen molar-refractivity contribution < 1.29 is 18.3 Å². The van der Waals surface area contributed by atoms with Gasteiger partial charge < -0.3 is 5.11 Å².